The minimum Gasteiger partial charge on any atom is -0.486 e. The van der Waals surface area contributed by atoms with Crippen molar-refractivity contribution >= 4 is 0 Å². The normalized spacial score (nSPS) is 11.6. The third kappa shape index (κ3) is 3.90. The third-order valence-corrected chi connectivity index (χ3v) is 3.11. The van der Waals surface area contributed by atoms with E-state index in [0.29, 0.717) is 17.1 Å². The van der Waals surface area contributed by atoms with Gasteiger partial charge in [0.05, 0.1) is 18.0 Å². The van der Waals surface area contributed by atoms with Crippen molar-refractivity contribution in [2.24, 2.45) is 0 Å². The first-order valence-corrected chi connectivity index (χ1v) is 6.94. The maximum atomic E-state index is 14.1. The lowest BCUT2D eigenvalue weighted by atomic mass is 10.1. The van der Waals surface area contributed by atoms with E-state index in [2.05, 4.69) is 24.6 Å². The van der Waals surface area contributed by atoms with Crippen molar-refractivity contribution in [3.8, 4) is 17.1 Å². The molecule has 6 nitrogen and oxygen atoms in total. The van der Waals surface area contributed by atoms with Gasteiger partial charge in [-0.3, -0.25) is 0 Å². The van der Waals surface area contributed by atoms with E-state index in [1.54, 1.807) is 6.92 Å². The summed E-state index contributed by atoms with van der Waals surface area (Å²) in [6, 6.07) is 3.86. The van der Waals surface area contributed by atoms with Crippen molar-refractivity contribution in [3.05, 3.63) is 53.7 Å². The first kappa shape index (κ1) is 16.8. The molecule has 3 rings (SSSR count). The van der Waals surface area contributed by atoms with Crippen LogP contribution in [0.3, 0.4) is 0 Å². The molecule has 1 aromatic carbocycles. The highest BCUT2D eigenvalue weighted by atomic mass is 19.4. The van der Waals surface area contributed by atoms with Crippen molar-refractivity contribution in [1.29, 1.82) is 0 Å². The number of hydrogen-bond donors (Lipinski definition) is 0. The molecule has 0 unspecified atom stereocenters. The molecule has 2 aromatic heterocycles. The van der Waals surface area contributed by atoms with Gasteiger partial charge in [0.25, 0.3) is 0 Å². The summed E-state index contributed by atoms with van der Waals surface area (Å²) in [5.74, 6) is -1.82. The standard InChI is InChI=1S/C15H10F4N4O2/c1-8-20-5-10(6-21-8)24-7-9-2-3-11(12(16)4-9)13-22-14(25-23-13)15(17,18)19/h2-6H,7H2,1H3. The lowest BCUT2D eigenvalue weighted by molar-refractivity contribution is -0.159. The maximum Gasteiger partial charge on any atom is 0.471 e. The van der Waals surface area contributed by atoms with Crippen molar-refractivity contribution in [2.45, 2.75) is 19.7 Å². The summed E-state index contributed by atoms with van der Waals surface area (Å²) < 4.78 is 61.0. The number of aryl methyl sites for hydroxylation is 1. The Kier molecular flexibility index (Phi) is 4.34. The zero-order valence-corrected chi connectivity index (χ0v) is 12.7. The molecular weight excluding hydrogens is 344 g/mol. The van der Waals surface area contributed by atoms with E-state index in [1.807, 2.05) is 0 Å². The highest BCUT2D eigenvalue weighted by Crippen LogP contribution is 2.30. The molecule has 0 radical (unpaired) electrons. The molecule has 0 N–H and O–H groups in total. The van der Waals surface area contributed by atoms with E-state index in [0.717, 1.165) is 6.07 Å². The Hall–Kier alpha value is -3.04. The highest BCUT2D eigenvalue weighted by molar-refractivity contribution is 5.55. The molecule has 0 aliphatic rings. The van der Waals surface area contributed by atoms with Gasteiger partial charge in [-0.15, -0.1) is 0 Å². The smallest absolute Gasteiger partial charge is 0.471 e. The van der Waals surface area contributed by atoms with Crippen molar-refractivity contribution < 1.29 is 26.8 Å². The van der Waals surface area contributed by atoms with Gasteiger partial charge < -0.3 is 9.26 Å². The van der Waals surface area contributed by atoms with Gasteiger partial charge in [0.15, 0.2) is 5.75 Å². The minimum absolute atomic E-state index is 0.0314. The maximum absolute atomic E-state index is 14.1. The van der Waals surface area contributed by atoms with Gasteiger partial charge in [-0.05, 0) is 24.6 Å². The van der Waals surface area contributed by atoms with Gasteiger partial charge in [-0.1, -0.05) is 11.2 Å². The Morgan fingerprint density at radius 2 is 1.88 bits per heavy atom. The predicted octanol–water partition coefficient (Wildman–Crippen LogP) is 3.57. The molecule has 0 spiro atoms. The van der Waals surface area contributed by atoms with Gasteiger partial charge in [-0.25, -0.2) is 14.4 Å². The second kappa shape index (κ2) is 6.46. The molecule has 0 bridgehead atoms. The molecule has 10 heteroatoms. The van der Waals surface area contributed by atoms with Gasteiger partial charge >= 0.3 is 12.1 Å². The molecule has 0 aliphatic heterocycles. The lowest BCUT2D eigenvalue weighted by Crippen LogP contribution is -2.05. The van der Waals surface area contributed by atoms with Crippen LogP contribution in [-0.4, -0.2) is 20.1 Å². The summed E-state index contributed by atoms with van der Waals surface area (Å²) in [6.45, 7) is 1.75. The van der Waals surface area contributed by atoms with E-state index in [-0.39, 0.29) is 12.2 Å². The first-order valence-electron chi connectivity index (χ1n) is 6.94. The molecule has 0 atom stereocenters. The van der Waals surface area contributed by atoms with Crippen LogP contribution in [-0.2, 0) is 12.8 Å². The molecular formula is C15H10F4N4O2. The monoisotopic (exact) mass is 354 g/mol. The van der Waals surface area contributed by atoms with Crippen LogP contribution in [0.5, 0.6) is 5.75 Å². The molecule has 2 heterocycles. The fourth-order valence-corrected chi connectivity index (χ4v) is 1.90. The summed E-state index contributed by atoms with van der Waals surface area (Å²) in [6.07, 6.45) is -1.83. The number of alkyl halides is 3. The molecule has 0 fully saturated rings. The van der Waals surface area contributed by atoms with E-state index in [9.17, 15) is 17.6 Å². The second-order valence-corrected chi connectivity index (χ2v) is 4.99. The Morgan fingerprint density at radius 3 is 2.48 bits per heavy atom. The number of ether oxygens (including phenoxy) is 1. The SMILES string of the molecule is Cc1ncc(OCc2ccc(-c3noc(C(F)(F)F)n3)c(F)c2)cn1. The topological polar surface area (TPSA) is 73.9 Å². The van der Waals surface area contributed by atoms with Crippen LogP contribution in [0.25, 0.3) is 11.4 Å². The Balaban J connectivity index is 1.74. The Bertz CT molecular complexity index is 878. The average molecular weight is 354 g/mol. The largest absolute Gasteiger partial charge is 0.486 e. The van der Waals surface area contributed by atoms with Crippen LogP contribution in [0, 0.1) is 12.7 Å². The van der Waals surface area contributed by atoms with Crippen molar-refractivity contribution in [1.82, 2.24) is 20.1 Å². The fraction of sp³-hybridized carbons (Fsp3) is 0.200. The van der Waals surface area contributed by atoms with Crippen LogP contribution in [0.2, 0.25) is 0 Å². The molecule has 0 aliphatic carbocycles. The summed E-state index contributed by atoms with van der Waals surface area (Å²) in [5, 5.41) is 3.15. The quantitative estimate of drug-likeness (QED) is 0.667. The predicted molar refractivity (Wildman–Crippen MR) is 75.8 cm³/mol. The molecule has 25 heavy (non-hydrogen) atoms. The van der Waals surface area contributed by atoms with Gasteiger partial charge in [-0.2, -0.15) is 18.2 Å². The van der Waals surface area contributed by atoms with Crippen LogP contribution in [0.15, 0.2) is 35.1 Å². The van der Waals surface area contributed by atoms with Gasteiger partial charge in [0.1, 0.15) is 18.2 Å². The van der Waals surface area contributed by atoms with Crippen LogP contribution >= 0.6 is 0 Å². The zero-order valence-electron chi connectivity index (χ0n) is 12.7. The number of hydrogen-bond acceptors (Lipinski definition) is 6. The zero-order chi connectivity index (χ0) is 18.0. The van der Waals surface area contributed by atoms with Crippen LogP contribution in [0.4, 0.5) is 17.6 Å². The van der Waals surface area contributed by atoms with Crippen LogP contribution < -0.4 is 4.74 Å². The summed E-state index contributed by atoms with van der Waals surface area (Å²) in [7, 11) is 0. The van der Waals surface area contributed by atoms with Crippen molar-refractivity contribution in [3.63, 3.8) is 0 Å². The molecule has 0 amide bonds. The third-order valence-electron chi connectivity index (χ3n) is 3.11. The van der Waals surface area contributed by atoms with Gasteiger partial charge in [0.2, 0.25) is 5.82 Å². The Labute approximate surface area is 138 Å². The average Bonchev–Trinajstić information content (AvgIpc) is 3.04. The van der Waals surface area contributed by atoms with E-state index in [1.165, 1.54) is 24.5 Å². The summed E-state index contributed by atoms with van der Waals surface area (Å²) >= 11 is 0. The number of aromatic nitrogens is 4. The molecule has 130 valence electrons. The summed E-state index contributed by atoms with van der Waals surface area (Å²) in [5.41, 5.74) is 0.253. The molecule has 0 saturated heterocycles. The van der Waals surface area contributed by atoms with E-state index < -0.39 is 23.7 Å². The first-order chi connectivity index (χ1) is 11.8. The molecule has 3 aromatic rings. The number of halogens is 4. The number of nitrogens with zero attached hydrogens (tertiary/aromatic N) is 4. The Morgan fingerprint density at radius 1 is 1.16 bits per heavy atom. The second-order valence-electron chi connectivity index (χ2n) is 4.99. The van der Waals surface area contributed by atoms with Crippen molar-refractivity contribution in [2.75, 3.05) is 0 Å². The molecule has 0 saturated carbocycles. The highest BCUT2D eigenvalue weighted by Gasteiger charge is 2.38. The minimum atomic E-state index is -4.79. The lowest BCUT2D eigenvalue weighted by Gasteiger charge is -2.07. The fourth-order valence-electron chi connectivity index (χ4n) is 1.90. The summed E-state index contributed by atoms with van der Waals surface area (Å²) in [4.78, 5) is 11.1. The number of rotatable bonds is 4. The van der Waals surface area contributed by atoms with Gasteiger partial charge in [0, 0.05) is 0 Å². The van der Waals surface area contributed by atoms with E-state index in [4.69, 9.17) is 4.74 Å². The number of benzene rings is 1. The van der Waals surface area contributed by atoms with E-state index >= 15 is 0 Å². The van der Waals surface area contributed by atoms with Crippen LogP contribution in [0.1, 0.15) is 17.3 Å².